The van der Waals surface area contributed by atoms with Gasteiger partial charge in [0.05, 0.1) is 0 Å². The zero-order chi connectivity index (χ0) is 6.41. The first-order valence-corrected chi connectivity index (χ1v) is 2.63. The molecule has 0 aromatic carbocycles. The third-order valence-electron chi connectivity index (χ3n) is 0.593. The van der Waals surface area contributed by atoms with Gasteiger partial charge in [0.15, 0.2) is 0 Å². The molecule has 0 aliphatic heterocycles. The number of carbonyl (C=O) groups excluding carboxylic acids is 1. The molecule has 0 aromatic rings. The summed E-state index contributed by atoms with van der Waals surface area (Å²) in [5.41, 5.74) is 4.77. The van der Waals surface area contributed by atoms with E-state index in [-0.39, 0.29) is 6.61 Å². The van der Waals surface area contributed by atoms with Gasteiger partial charge in [-0.05, 0) is 6.42 Å². The first-order chi connectivity index (χ1) is 3.77. The van der Waals surface area contributed by atoms with Crippen LogP contribution in [0, 0.1) is 0 Å². The predicted octanol–water partition coefficient (Wildman–Crippen LogP) is -0.102. The van der Waals surface area contributed by atoms with Crippen LogP contribution in [-0.4, -0.2) is 19.1 Å². The van der Waals surface area contributed by atoms with Crippen LogP contribution in [0.3, 0.4) is 0 Å². The summed E-state index contributed by atoms with van der Waals surface area (Å²) in [4.78, 5) is 9.97. The lowest BCUT2D eigenvalue weighted by Gasteiger charge is -1.94. The summed E-state index contributed by atoms with van der Waals surface area (Å²) >= 11 is 0. The summed E-state index contributed by atoms with van der Waals surface area (Å²) in [5, 5.41) is 0. The van der Waals surface area contributed by atoms with Crippen molar-refractivity contribution in [1.29, 1.82) is 0 Å². The molecule has 1 amide bonds. The number of rotatable bonds is 4. The van der Waals surface area contributed by atoms with Crippen LogP contribution in [0.1, 0.15) is 13.3 Å². The molecule has 0 rings (SSSR count). The fourth-order valence-corrected chi connectivity index (χ4v) is 0.317. The Kier molecular flexibility index (Phi) is 4.26. The van der Waals surface area contributed by atoms with Crippen molar-refractivity contribution in [2.75, 3.05) is 13.2 Å². The molecule has 0 saturated heterocycles. The van der Waals surface area contributed by atoms with Crippen LogP contribution in [-0.2, 0) is 9.53 Å². The molecule has 0 aliphatic rings. The summed E-state index contributed by atoms with van der Waals surface area (Å²) in [5.74, 6) is -0.404. The van der Waals surface area contributed by atoms with Crippen molar-refractivity contribution >= 4 is 5.91 Å². The van der Waals surface area contributed by atoms with Crippen molar-refractivity contribution in [2.45, 2.75) is 13.3 Å². The number of nitrogens with two attached hydrogens (primary N) is 1. The van der Waals surface area contributed by atoms with Crippen molar-refractivity contribution < 1.29 is 9.53 Å². The van der Waals surface area contributed by atoms with Gasteiger partial charge in [0.1, 0.15) is 6.61 Å². The number of ether oxygens (including phenoxy) is 1. The molecule has 0 aromatic heterocycles. The van der Waals surface area contributed by atoms with E-state index in [0.29, 0.717) is 6.61 Å². The van der Waals surface area contributed by atoms with E-state index in [2.05, 4.69) is 0 Å². The standard InChI is InChI=1S/C5H11NO2/c1-2-3-8-4-5(6)7/h2-4H2,1H3,(H2,6,7). The highest BCUT2D eigenvalue weighted by atomic mass is 16.5. The molecule has 0 heterocycles. The summed E-state index contributed by atoms with van der Waals surface area (Å²) in [7, 11) is 0. The molecule has 2 N–H and O–H groups in total. The van der Waals surface area contributed by atoms with Crippen LogP contribution in [0.2, 0.25) is 0 Å². The minimum absolute atomic E-state index is 0.0494. The minimum atomic E-state index is -0.404. The molecular formula is C5H11NO2. The van der Waals surface area contributed by atoms with Gasteiger partial charge in [-0.15, -0.1) is 0 Å². The minimum Gasteiger partial charge on any atom is -0.372 e. The topological polar surface area (TPSA) is 52.3 Å². The highest BCUT2D eigenvalue weighted by Gasteiger charge is 1.89. The zero-order valence-electron chi connectivity index (χ0n) is 5.02. The number of primary amides is 1. The second kappa shape index (κ2) is 4.59. The van der Waals surface area contributed by atoms with Gasteiger partial charge >= 0.3 is 0 Å². The Balaban J connectivity index is 2.82. The van der Waals surface area contributed by atoms with E-state index >= 15 is 0 Å². The largest absolute Gasteiger partial charge is 0.372 e. The van der Waals surface area contributed by atoms with Gasteiger partial charge in [0, 0.05) is 6.61 Å². The summed E-state index contributed by atoms with van der Waals surface area (Å²) < 4.78 is 4.77. The second-order valence-electron chi connectivity index (χ2n) is 1.52. The molecule has 0 fully saturated rings. The lowest BCUT2D eigenvalue weighted by atomic mass is 10.5. The van der Waals surface area contributed by atoms with Gasteiger partial charge in [-0.3, -0.25) is 4.79 Å². The Morgan fingerprint density at radius 3 is 2.75 bits per heavy atom. The van der Waals surface area contributed by atoms with Crippen molar-refractivity contribution in [3.05, 3.63) is 0 Å². The number of amides is 1. The van der Waals surface area contributed by atoms with Crippen LogP contribution in [0.5, 0.6) is 0 Å². The maximum Gasteiger partial charge on any atom is 0.243 e. The van der Waals surface area contributed by atoms with Crippen LogP contribution in [0.25, 0.3) is 0 Å². The van der Waals surface area contributed by atoms with E-state index in [1.54, 1.807) is 0 Å². The lowest BCUT2D eigenvalue weighted by molar-refractivity contribution is -0.122. The third kappa shape index (κ3) is 5.43. The average molecular weight is 117 g/mol. The number of hydrogen-bond donors (Lipinski definition) is 1. The molecule has 0 saturated carbocycles. The highest BCUT2D eigenvalue weighted by molar-refractivity contribution is 5.74. The molecule has 0 spiro atoms. The zero-order valence-corrected chi connectivity index (χ0v) is 5.02. The Morgan fingerprint density at radius 1 is 1.75 bits per heavy atom. The molecule has 0 atom stereocenters. The lowest BCUT2D eigenvalue weighted by Crippen LogP contribution is -2.18. The molecule has 3 heteroatoms. The molecule has 0 aliphatic carbocycles. The summed E-state index contributed by atoms with van der Waals surface area (Å²) in [6.07, 6.45) is 0.924. The Bertz CT molecular complexity index is 72.8. The quantitative estimate of drug-likeness (QED) is 0.523. The van der Waals surface area contributed by atoms with Crippen LogP contribution < -0.4 is 5.73 Å². The first kappa shape index (κ1) is 7.43. The maximum absolute atomic E-state index is 9.97. The van der Waals surface area contributed by atoms with Crippen molar-refractivity contribution in [2.24, 2.45) is 5.73 Å². The van der Waals surface area contributed by atoms with Crippen LogP contribution in [0.15, 0.2) is 0 Å². The van der Waals surface area contributed by atoms with E-state index < -0.39 is 5.91 Å². The molecule has 0 bridgehead atoms. The van der Waals surface area contributed by atoms with Crippen molar-refractivity contribution in [3.8, 4) is 0 Å². The summed E-state index contributed by atoms with van der Waals surface area (Å²) in [6.45, 7) is 2.64. The SMILES string of the molecule is CCCOCC(N)=O. The normalized spacial score (nSPS) is 9.12. The van der Waals surface area contributed by atoms with E-state index in [9.17, 15) is 4.79 Å². The average Bonchev–Trinajstić information content (AvgIpc) is 1.66. The van der Waals surface area contributed by atoms with E-state index in [4.69, 9.17) is 10.5 Å². The fraction of sp³-hybridized carbons (Fsp3) is 0.800. The van der Waals surface area contributed by atoms with Gasteiger partial charge in [0.25, 0.3) is 0 Å². The molecular weight excluding hydrogens is 106 g/mol. The predicted molar refractivity (Wildman–Crippen MR) is 30.3 cm³/mol. The van der Waals surface area contributed by atoms with Crippen molar-refractivity contribution in [1.82, 2.24) is 0 Å². The Morgan fingerprint density at radius 2 is 2.38 bits per heavy atom. The molecule has 0 radical (unpaired) electrons. The van der Waals surface area contributed by atoms with E-state index in [0.717, 1.165) is 6.42 Å². The van der Waals surface area contributed by atoms with Gasteiger partial charge in [0.2, 0.25) is 5.91 Å². The first-order valence-electron chi connectivity index (χ1n) is 2.63. The van der Waals surface area contributed by atoms with Crippen LogP contribution >= 0.6 is 0 Å². The molecule has 0 unspecified atom stereocenters. The molecule has 3 nitrogen and oxygen atoms in total. The van der Waals surface area contributed by atoms with E-state index in [1.165, 1.54) is 0 Å². The monoisotopic (exact) mass is 117 g/mol. The molecule has 48 valence electrons. The third-order valence-corrected chi connectivity index (χ3v) is 0.593. The van der Waals surface area contributed by atoms with Crippen LogP contribution in [0.4, 0.5) is 0 Å². The fourth-order valence-electron chi connectivity index (χ4n) is 0.317. The Labute approximate surface area is 48.8 Å². The number of carbonyl (C=O) groups is 1. The molecule has 8 heavy (non-hydrogen) atoms. The number of hydrogen-bond acceptors (Lipinski definition) is 2. The smallest absolute Gasteiger partial charge is 0.243 e. The van der Waals surface area contributed by atoms with Gasteiger partial charge in [-0.1, -0.05) is 6.92 Å². The highest BCUT2D eigenvalue weighted by Crippen LogP contribution is 1.77. The summed E-state index contributed by atoms with van der Waals surface area (Å²) in [6, 6.07) is 0. The van der Waals surface area contributed by atoms with Gasteiger partial charge in [-0.25, -0.2) is 0 Å². The van der Waals surface area contributed by atoms with Crippen molar-refractivity contribution in [3.63, 3.8) is 0 Å². The van der Waals surface area contributed by atoms with Gasteiger partial charge in [-0.2, -0.15) is 0 Å². The second-order valence-corrected chi connectivity index (χ2v) is 1.52. The Hall–Kier alpha value is -0.570. The van der Waals surface area contributed by atoms with E-state index in [1.807, 2.05) is 6.92 Å². The maximum atomic E-state index is 9.97. The van der Waals surface area contributed by atoms with Gasteiger partial charge < -0.3 is 10.5 Å².